The SMILES string of the molecule is NC(=O)[C@H](OC(=O)c1cccc(NC(=O)[C@H]2CCCO2)c1)c1ccccc1. The van der Waals surface area contributed by atoms with Crippen LogP contribution in [0.1, 0.15) is 34.9 Å². The van der Waals surface area contributed by atoms with Crippen molar-refractivity contribution < 1.29 is 23.9 Å². The minimum Gasteiger partial charge on any atom is -0.444 e. The largest absolute Gasteiger partial charge is 0.444 e. The zero-order valence-corrected chi connectivity index (χ0v) is 14.6. The average molecular weight is 368 g/mol. The van der Waals surface area contributed by atoms with Gasteiger partial charge in [-0.15, -0.1) is 0 Å². The Morgan fingerprint density at radius 3 is 2.56 bits per heavy atom. The van der Waals surface area contributed by atoms with E-state index in [0.29, 0.717) is 24.3 Å². The van der Waals surface area contributed by atoms with Crippen LogP contribution in [-0.4, -0.2) is 30.5 Å². The lowest BCUT2D eigenvalue weighted by Crippen LogP contribution is -2.27. The molecule has 1 heterocycles. The van der Waals surface area contributed by atoms with Crippen LogP contribution in [0, 0.1) is 0 Å². The van der Waals surface area contributed by atoms with E-state index >= 15 is 0 Å². The van der Waals surface area contributed by atoms with Gasteiger partial charge in [0.15, 0.2) is 0 Å². The quantitative estimate of drug-likeness (QED) is 0.760. The molecule has 7 heteroatoms. The summed E-state index contributed by atoms with van der Waals surface area (Å²) in [7, 11) is 0. The van der Waals surface area contributed by atoms with Gasteiger partial charge in [0.25, 0.3) is 11.8 Å². The molecule has 3 N–H and O–H groups in total. The van der Waals surface area contributed by atoms with E-state index in [4.69, 9.17) is 15.2 Å². The van der Waals surface area contributed by atoms with Crippen LogP contribution in [0.25, 0.3) is 0 Å². The Balaban J connectivity index is 1.70. The maximum Gasteiger partial charge on any atom is 0.339 e. The molecule has 0 saturated carbocycles. The third-order valence-corrected chi connectivity index (χ3v) is 4.17. The fourth-order valence-electron chi connectivity index (χ4n) is 2.82. The van der Waals surface area contributed by atoms with Gasteiger partial charge in [0.05, 0.1) is 5.56 Å². The van der Waals surface area contributed by atoms with Crippen LogP contribution in [-0.2, 0) is 19.1 Å². The summed E-state index contributed by atoms with van der Waals surface area (Å²) < 4.78 is 10.6. The van der Waals surface area contributed by atoms with Crippen molar-refractivity contribution in [1.82, 2.24) is 0 Å². The summed E-state index contributed by atoms with van der Waals surface area (Å²) in [5.74, 6) is -1.73. The summed E-state index contributed by atoms with van der Waals surface area (Å²) in [5, 5.41) is 2.72. The molecular formula is C20H20N2O5. The topological polar surface area (TPSA) is 108 Å². The molecule has 2 aromatic carbocycles. The molecule has 0 bridgehead atoms. The van der Waals surface area contributed by atoms with Crippen molar-refractivity contribution in [2.75, 3.05) is 11.9 Å². The van der Waals surface area contributed by atoms with Gasteiger partial charge >= 0.3 is 5.97 Å². The van der Waals surface area contributed by atoms with Crippen LogP contribution in [0.4, 0.5) is 5.69 Å². The van der Waals surface area contributed by atoms with Crippen LogP contribution in [0.3, 0.4) is 0 Å². The van der Waals surface area contributed by atoms with E-state index in [9.17, 15) is 14.4 Å². The van der Waals surface area contributed by atoms with Crippen LogP contribution in [0.5, 0.6) is 0 Å². The molecule has 2 amide bonds. The van der Waals surface area contributed by atoms with Gasteiger partial charge in [0, 0.05) is 17.9 Å². The monoisotopic (exact) mass is 368 g/mol. The lowest BCUT2D eigenvalue weighted by atomic mass is 10.1. The second-order valence-corrected chi connectivity index (χ2v) is 6.17. The Labute approximate surface area is 156 Å². The fraction of sp³-hybridized carbons (Fsp3) is 0.250. The van der Waals surface area contributed by atoms with Crippen LogP contribution < -0.4 is 11.1 Å². The van der Waals surface area contributed by atoms with E-state index in [1.807, 2.05) is 0 Å². The second kappa shape index (κ2) is 8.46. The molecule has 27 heavy (non-hydrogen) atoms. The summed E-state index contributed by atoms with van der Waals surface area (Å²) in [6.07, 6.45) is -0.148. The summed E-state index contributed by atoms with van der Waals surface area (Å²) in [4.78, 5) is 36.3. The number of primary amides is 1. The minimum absolute atomic E-state index is 0.197. The molecule has 2 aromatic rings. The van der Waals surface area contributed by atoms with Crippen molar-refractivity contribution in [3.63, 3.8) is 0 Å². The minimum atomic E-state index is -1.19. The third kappa shape index (κ3) is 4.71. The lowest BCUT2D eigenvalue weighted by Gasteiger charge is -2.15. The Bertz CT molecular complexity index is 831. The van der Waals surface area contributed by atoms with Crippen molar-refractivity contribution in [2.24, 2.45) is 5.73 Å². The van der Waals surface area contributed by atoms with Crippen molar-refractivity contribution in [3.05, 3.63) is 65.7 Å². The van der Waals surface area contributed by atoms with Gasteiger partial charge in [-0.2, -0.15) is 0 Å². The summed E-state index contributed by atoms with van der Waals surface area (Å²) >= 11 is 0. The van der Waals surface area contributed by atoms with Gasteiger partial charge in [0.2, 0.25) is 6.10 Å². The highest BCUT2D eigenvalue weighted by Crippen LogP contribution is 2.21. The Hall–Kier alpha value is -3.19. The molecule has 0 radical (unpaired) electrons. The predicted molar refractivity (Wildman–Crippen MR) is 97.8 cm³/mol. The van der Waals surface area contributed by atoms with Gasteiger partial charge in [-0.05, 0) is 31.0 Å². The fourth-order valence-corrected chi connectivity index (χ4v) is 2.82. The Morgan fingerprint density at radius 2 is 1.89 bits per heavy atom. The number of rotatable bonds is 6. The molecule has 0 spiro atoms. The van der Waals surface area contributed by atoms with Gasteiger partial charge in [0.1, 0.15) is 6.10 Å². The molecule has 0 aromatic heterocycles. The molecule has 0 unspecified atom stereocenters. The highest BCUT2D eigenvalue weighted by molar-refractivity contribution is 5.97. The number of hydrogen-bond acceptors (Lipinski definition) is 5. The number of hydrogen-bond donors (Lipinski definition) is 2. The van der Waals surface area contributed by atoms with E-state index in [1.165, 1.54) is 12.1 Å². The first-order chi connectivity index (χ1) is 13.0. The predicted octanol–water partition coefficient (Wildman–Crippen LogP) is 2.19. The van der Waals surface area contributed by atoms with E-state index in [0.717, 1.165) is 6.42 Å². The number of ether oxygens (including phenoxy) is 2. The molecule has 3 rings (SSSR count). The number of nitrogens with one attached hydrogen (secondary N) is 1. The number of amides is 2. The second-order valence-electron chi connectivity index (χ2n) is 6.17. The van der Waals surface area contributed by atoms with Crippen LogP contribution >= 0.6 is 0 Å². The molecule has 1 fully saturated rings. The Morgan fingerprint density at radius 1 is 1.11 bits per heavy atom. The number of nitrogens with two attached hydrogens (primary N) is 1. The molecule has 140 valence electrons. The lowest BCUT2D eigenvalue weighted by molar-refractivity contribution is -0.127. The van der Waals surface area contributed by atoms with Crippen molar-refractivity contribution >= 4 is 23.5 Å². The molecule has 7 nitrogen and oxygen atoms in total. The van der Waals surface area contributed by atoms with Gasteiger partial charge < -0.3 is 20.5 Å². The molecule has 1 aliphatic rings. The summed E-state index contributed by atoms with van der Waals surface area (Å²) in [5.41, 5.74) is 6.50. The molecule has 1 aliphatic heterocycles. The van der Waals surface area contributed by atoms with Gasteiger partial charge in [-0.1, -0.05) is 36.4 Å². The molecule has 0 aliphatic carbocycles. The highest BCUT2D eigenvalue weighted by Gasteiger charge is 2.25. The number of anilines is 1. The molecular weight excluding hydrogens is 348 g/mol. The summed E-state index contributed by atoms with van der Waals surface area (Å²) in [6.45, 7) is 0.568. The van der Waals surface area contributed by atoms with Crippen LogP contribution in [0.15, 0.2) is 54.6 Å². The zero-order valence-electron chi connectivity index (χ0n) is 14.6. The first-order valence-electron chi connectivity index (χ1n) is 8.62. The van der Waals surface area contributed by atoms with Gasteiger partial charge in [-0.25, -0.2) is 4.79 Å². The first kappa shape index (κ1) is 18.6. The normalized spacial score (nSPS) is 17.1. The maximum absolute atomic E-state index is 12.5. The maximum atomic E-state index is 12.5. The third-order valence-electron chi connectivity index (χ3n) is 4.17. The van der Waals surface area contributed by atoms with E-state index in [2.05, 4.69) is 5.32 Å². The zero-order chi connectivity index (χ0) is 19.2. The molecule has 1 saturated heterocycles. The van der Waals surface area contributed by atoms with E-state index in [-0.39, 0.29) is 11.5 Å². The molecule has 2 atom stereocenters. The smallest absolute Gasteiger partial charge is 0.339 e. The average Bonchev–Trinajstić information content (AvgIpc) is 3.21. The number of esters is 1. The van der Waals surface area contributed by atoms with Crippen molar-refractivity contribution in [3.8, 4) is 0 Å². The highest BCUT2D eigenvalue weighted by atomic mass is 16.5. The van der Waals surface area contributed by atoms with E-state index < -0.39 is 24.1 Å². The van der Waals surface area contributed by atoms with Crippen LogP contribution in [0.2, 0.25) is 0 Å². The number of carbonyl (C=O) groups is 3. The summed E-state index contributed by atoms with van der Waals surface area (Å²) in [6, 6.07) is 14.8. The van der Waals surface area contributed by atoms with Gasteiger partial charge in [-0.3, -0.25) is 9.59 Å². The standard InChI is InChI=1S/C20H20N2O5/c21-18(23)17(13-6-2-1-3-7-13)27-20(25)14-8-4-9-15(12-14)22-19(24)16-10-5-11-26-16/h1-4,6-9,12,16-17H,5,10-11H2,(H2,21,23)(H,22,24)/t16-,17-/m1/s1. The Kier molecular flexibility index (Phi) is 5.83. The van der Waals surface area contributed by atoms with E-state index in [1.54, 1.807) is 42.5 Å². The first-order valence-corrected chi connectivity index (χ1v) is 8.62. The van der Waals surface area contributed by atoms with Crippen molar-refractivity contribution in [2.45, 2.75) is 25.0 Å². The number of carbonyl (C=O) groups excluding carboxylic acids is 3. The van der Waals surface area contributed by atoms with Crippen molar-refractivity contribution in [1.29, 1.82) is 0 Å². The number of benzene rings is 2.